The second-order valence-electron chi connectivity index (χ2n) is 4.81. The molecule has 0 saturated heterocycles. The van der Waals surface area contributed by atoms with Crippen LogP contribution >= 0.6 is 0 Å². The summed E-state index contributed by atoms with van der Waals surface area (Å²) >= 11 is 0. The van der Waals surface area contributed by atoms with Gasteiger partial charge in [-0.1, -0.05) is 19.0 Å². The van der Waals surface area contributed by atoms with Gasteiger partial charge in [-0.3, -0.25) is 4.79 Å². The van der Waals surface area contributed by atoms with Gasteiger partial charge < -0.3 is 19.6 Å². The van der Waals surface area contributed by atoms with Gasteiger partial charge in [0, 0.05) is 12.1 Å². The number of carbonyl (C=O) groups excluding carboxylic acids is 1. The Labute approximate surface area is 125 Å². The molecule has 0 radical (unpaired) electrons. The molecule has 0 bridgehead atoms. The first kappa shape index (κ1) is 16.8. The van der Waals surface area contributed by atoms with Crippen molar-refractivity contribution in [3.8, 4) is 11.5 Å². The number of nitrogens with zero attached hydrogens (tertiary/aromatic N) is 1. The van der Waals surface area contributed by atoms with Crippen LogP contribution in [0.15, 0.2) is 23.4 Å². The molecule has 1 aromatic carbocycles. The summed E-state index contributed by atoms with van der Waals surface area (Å²) < 4.78 is 10.3. The molecule has 1 aromatic rings. The van der Waals surface area contributed by atoms with Crippen LogP contribution < -0.4 is 14.8 Å². The number of nitrogens with one attached hydrogen (secondary N) is 1. The number of oxime groups is 1. The molecule has 1 N–H and O–H groups in total. The van der Waals surface area contributed by atoms with Crippen molar-refractivity contribution < 1.29 is 19.1 Å². The zero-order valence-corrected chi connectivity index (χ0v) is 12.9. The summed E-state index contributed by atoms with van der Waals surface area (Å²) in [5.41, 5.74) is 0.708. The Morgan fingerprint density at radius 2 is 2.10 bits per heavy atom. The van der Waals surface area contributed by atoms with Crippen molar-refractivity contribution in [2.24, 2.45) is 11.1 Å². The lowest BCUT2D eigenvalue weighted by Crippen LogP contribution is -2.30. The molecule has 0 fully saturated rings. The largest absolute Gasteiger partial charge is 0.497 e. The van der Waals surface area contributed by atoms with Crippen LogP contribution in [0, 0.1) is 5.92 Å². The van der Waals surface area contributed by atoms with Crippen LogP contribution in [0.4, 0.5) is 0 Å². The highest BCUT2D eigenvalue weighted by atomic mass is 16.6. The van der Waals surface area contributed by atoms with Crippen molar-refractivity contribution in [3.05, 3.63) is 23.8 Å². The van der Waals surface area contributed by atoms with Crippen molar-refractivity contribution >= 4 is 12.1 Å². The van der Waals surface area contributed by atoms with E-state index in [2.05, 4.69) is 10.5 Å². The van der Waals surface area contributed by atoms with Crippen LogP contribution in [-0.2, 0) is 9.63 Å². The summed E-state index contributed by atoms with van der Waals surface area (Å²) in [6.07, 6.45) is 1.48. The van der Waals surface area contributed by atoms with Crippen molar-refractivity contribution in [1.82, 2.24) is 5.32 Å². The van der Waals surface area contributed by atoms with Crippen LogP contribution in [0.25, 0.3) is 0 Å². The first-order chi connectivity index (χ1) is 10.1. The van der Waals surface area contributed by atoms with Gasteiger partial charge in [0.05, 0.1) is 20.4 Å². The van der Waals surface area contributed by atoms with Crippen LogP contribution in [0.2, 0.25) is 0 Å². The standard InChI is InChI=1S/C15H22N2O4/c1-11(2)8-16-15(18)10-21-17-9-12-7-13(19-3)5-6-14(12)20-4/h5-7,9,11H,8,10H2,1-4H3,(H,16,18)/b17-9-. The fourth-order valence-corrected chi connectivity index (χ4v) is 1.50. The minimum Gasteiger partial charge on any atom is -0.497 e. The molecule has 0 aliphatic heterocycles. The zero-order chi connectivity index (χ0) is 15.7. The molecule has 0 aliphatic carbocycles. The fourth-order valence-electron chi connectivity index (χ4n) is 1.50. The Morgan fingerprint density at radius 3 is 2.71 bits per heavy atom. The van der Waals surface area contributed by atoms with Gasteiger partial charge in [0.2, 0.25) is 0 Å². The Hall–Kier alpha value is -2.24. The monoisotopic (exact) mass is 294 g/mol. The summed E-state index contributed by atoms with van der Waals surface area (Å²) in [6.45, 7) is 4.55. The van der Waals surface area contributed by atoms with Crippen LogP contribution in [0.5, 0.6) is 11.5 Å². The molecule has 21 heavy (non-hydrogen) atoms. The maximum absolute atomic E-state index is 11.4. The molecule has 6 nitrogen and oxygen atoms in total. The van der Waals surface area contributed by atoms with Gasteiger partial charge in [0.15, 0.2) is 6.61 Å². The Balaban J connectivity index is 2.51. The minimum absolute atomic E-state index is 0.116. The molecule has 0 spiro atoms. The summed E-state index contributed by atoms with van der Waals surface area (Å²) in [7, 11) is 3.15. The van der Waals surface area contributed by atoms with Gasteiger partial charge in [-0.2, -0.15) is 0 Å². The van der Waals surface area contributed by atoms with E-state index in [-0.39, 0.29) is 12.5 Å². The van der Waals surface area contributed by atoms with E-state index in [1.54, 1.807) is 32.4 Å². The first-order valence-electron chi connectivity index (χ1n) is 6.71. The molecular formula is C15H22N2O4. The van der Waals surface area contributed by atoms with E-state index >= 15 is 0 Å². The van der Waals surface area contributed by atoms with Gasteiger partial charge in [0.25, 0.3) is 5.91 Å². The number of benzene rings is 1. The number of methoxy groups -OCH3 is 2. The second kappa shape index (κ2) is 8.84. The molecule has 6 heteroatoms. The zero-order valence-electron chi connectivity index (χ0n) is 12.9. The van der Waals surface area contributed by atoms with Gasteiger partial charge in [-0.05, 0) is 24.1 Å². The lowest BCUT2D eigenvalue weighted by atomic mass is 10.2. The third kappa shape index (κ3) is 6.16. The van der Waals surface area contributed by atoms with Crippen LogP contribution in [-0.4, -0.2) is 39.5 Å². The molecule has 0 aromatic heterocycles. The molecular weight excluding hydrogens is 272 g/mol. The molecule has 1 rings (SSSR count). The number of ether oxygens (including phenoxy) is 2. The second-order valence-corrected chi connectivity index (χ2v) is 4.81. The maximum Gasteiger partial charge on any atom is 0.260 e. The minimum atomic E-state index is -0.196. The van der Waals surface area contributed by atoms with E-state index in [1.807, 2.05) is 13.8 Å². The Bertz CT molecular complexity index is 487. The van der Waals surface area contributed by atoms with Crippen LogP contribution in [0.3, 0.4) is 0 Å². The highest BCUT2D eigenvalue weighted by Gasteiger charge is 2.04. The van der Waals surface area contributed by atoms with E-state index in [9.17, 15) is 4.79 Å². The van der Waals surface area contributed by atoms with Crippen molar-refractivity contribution in [2.75, 3.05) is 27.4 Å². The third-order valence-corrected chi connectivity index (χ3v) is 2.61. The third-order valence-electron chi connectivity index (χ3n) is 2.61. The average molecular weight is 294 g/mol. The maximum atomic E-state index is 11.4. The SMILES string of the molecule is COc1ccc(OC)c(/C=N\OCC(=O)NCC(C)C)c1. The molecule has 0 atom stereocenters. The summed E-state index contributed by atoms with van der Waals surface area (Å²) in [5.74, 6) is 1.54. The van der Waals surface area contributed by atoms with Gasteiger partial charge >= 0.3 is 0 Å². The molecule has 0 heterocycles. The van der Waals surface area contributed by atoms with Crippen LogP contribution in [0.1, 0.15) is 19.4 Å². The Morgan fingerprint density at radius 1 is 1.33 bits per heavy atom. The fraction of sp³-hybridized carbons (Fsp3) is 0.467. The van der Waals surface area contributed by atoms with Crippen molar-refractivity contribution in [2.45, 2.75) is 13.8 Å². The van der Waals surface area contributed by atoms with E-state index in [0.717, 1.165) is 0 Å². The van der Waals surface area contributed by atoms with Crippen molar-refractivity contribution in [1.29, 1.82) is 0 Å². The highest BCUT2D eigenvalue weighted by Crippen LogP contribution is 2.22. The van der Waals surface area contributed by atoms with E-state index in [1.165, 1.54) is 6.21 Å². The van der Waals surface area contributed by atoms with E-state index in [0.29, 0.717) is 29.5 Å². The molecule has 1 amide bonds. The number of hydrogen-bond donors (Lipinski definition) is 1. The summed E-state index contributed by atoms with van der Waals surface area (Å²) in [4.78, 5) is 16.4. The van der Waals surface area contributed by atoms with E-state index < -0.39 is 0 Å². The number of carbonyl (C=O) groups is 1. The molecule has 116 valence electrons. The predicted octanol–water partition coefficient (Wildman–Crippen LogP) is 1.83. The number of amides is 1. The van der Waals surface area contributed by atoms with Crippen molar-refractivity contribution in [3.63, 3.8) is 0 Å². The van der Waals surface area contributed by atoms with Gasteiger partial charge in [-0.15, -0.1) is 0 Å². The quantitative estimate of drug-likeness (QED) is 0.586. The number of hydrogen-bond acceptors (Lipinski definition) is 5. The molecule has 0 saturated carbocycles. The predicted molar refractivity (Wildman–Crippen MR) is 80.9 cm³/mol. The lowest BCUT2D eigenvalue weighted by Gasteiger charge is -2.07. The summed E-state index contributed by atoms with van der Waals surface area (Å²) in [6, 6.07) is 5.33. The first-order valence-corrected chi connectivity index (χ1v) is 6.71. The molecule has 0 unspecified atom stereocenters. The summed E-state index contributed by atoms with van der Waals surface area (Å²) in [5, 5.41) is 6.51. The lowest BCUT2D eigenvalue weighted by molar-refractivity contribution is -0.125. The van der Waals surface area contributed by atoms with E-state index in [4.69, 9.17) is 14.3 Å². The Kier molecular flexibility index (Phi) is 7.08. The number of rotatable bonds is 8. The average Bonchev–Trinajstić information content (AvgIpc) is 2.49. The smallest absolute Gasteiger partial charge is 0.260 e. The topological polar surface area (TPSA) is 69.1 Å². The normalized spacial score (nSPS) is 10.7. The molecule has 0 aliphatic rings. The highest BCUT2D eigenvalue weighted by molar-refractivity contribution is 5.84. The van der Waals surface area contributed by atoms with Gasteiger partial charge in [0.1, 0.15) is 11.5 Å². The van der Waals surface area contributed by atoms with Gasteiger partial charge in [-0.25, -0.2) is 0 Å².